The molecule has 0 aromatic carbocycles. The third-order valence-electron chi connectivity index (χ3n) is 2.68. The zero-order chi connectivity index (χ0) is 13.0. The summed E-state index contributed by atoms with van der Waals surface area (Å²) in [5.74, 6) is -0.0156. The van der Waals surface area contributed by atoms with Crippen LogP contribution in [-0.2, 0) is 9.53 Å². The number of rotatable bonds is 4. The van der Waals surface area contributed by atoms with Crippen molar-refractivity contribution < 1.29 is 9.53 Å². The molecule has 0 spiro atoms. The van der Waals surface area contributed by atoms with Crippen LogP contribution in [0.3, 0.4) is 0 Å². The number of nitrogens with zero attached hydrogens (tertiary/aromatic N) is 3. The standard InChI is InChI=1S/C10H17N5O2S/c1-7(9-13-14-10(11)18-9)12-8(16)6-15-2-4-17-5-3-15/h7H,2-6H2,1H3,(H2,11,14)(H,12,16)/t7-/m1/s1. The van der Waals surface area contributed by atoms with E-state index in [2.05, 4.69) is 20.4 Å². The SMILES string of the molecule is C[C@@H](NC(=O)CN1CCOCC1)c1nnc(N)s1. The van der Waals surface area contributed by atoms with Crippen molar-refractivity contribution in [1.82, 2.24) is 20.4 Å². The Kier molecular flexibility index (Phi) is 4.45. The smallest absolute Gasteiger partial charge is 0.234 e. The van der Waals surface area contributed by atoms with Gasteiger partial charge < -0.3 is 15.8 Å². The zero-order valence-corrected chi connectivity index (χ0v) is 11.1. The monoisotopic (exact) mass is 271 g/mol. The predicted molar refractivity (Wildman–Crippen MR) is 68.1 cm³/mol. The third kappa shape index (κ3) is 3.62. The van der Waals surface area contributed by atoms with E-state index in [0.29, 0.717) is 24.9 Å². The maximum Gasteiger partial charge on any atom is 0.234 e. The van der Waals surface area contributed by atoms with E-state index in [1.165, 1.54) is 11.3 Å². The number of nitrogens with one attached hydrogen (secondary N) is 1. The lowest BCUT2D eigenvalue weighted by atomic mass is 10.3. The highest BCUT2D eigenvalue weighted by molar-refractivity contribution is 7.15. The number of nitrogen functional groups attached to an aromatic ring is 1. The zero-order valence-electron chi connectivity index (χ0n) is 10.3. The average molecular weight is 271 g/mol. The van der Waals surface area contributed by atoms with Crippen LogP contribution in [0.4, 0.5) is 5.13 Å². The lowest BCUT2D eigenvalue weighted by molar-refractivity contribution is -0.123. The van der Waals surface area contributed by atoms with E-state index in [1.54, 1.807) is 0 Å². The van der Waals surface area contributed by atoms with Crippen LogP contribution in [-0.4, -0.2) is 53.9 Å². The number of nitrogens with two attached hydrogens (primary N) is 1. The van der Waals surface area contributed by atoms with Crippen LogP contribution in [0.1, 0.15) is 18.0 Å². The minimum atomic E-state index is -0.159. The van der Waals surface area contributed by atoms with Gasteiger partial charge in [-0.05, 0) is 6.92 Å². The van der Waals surface area contributed by atoms with Crippen molar-refractivity contribution in [3.05, 3.63) is 5.01 Å². The number of amides is 1. The van der Waals surface area contributed by atoms with Gasteiger partial charge >= 0.3 is 0 Å². The lowest BCUT2D eigenvalue weighted by Crippen LogP contribution is -2.43. The van der Waals surface area contributed by atoms with Crippen molar-refractivity contribution in [2.24, 2.45) is 0 Å². The van der Waals surface area contributed by atoms with Crippen molar-refractivity contribution in [3.8, 4) is 0 Å². The molecule has 0 radical (unpaired) electrons. The Morgan fingerprint density at radius 2 is 2.28 bits per heavy atom. The van der Waals surface area contributed by atoms with Gasteiger partial charge in [0.15, 0.2) is 0 Å². The summed E-state index contributed by atoms with van der Waals surface area (Å²) in [7, 11) is 0. The first-order valence-electron chi connectivity index (χ1n) is 5.83. The van der Waals surface area contributed by atoms with Crippen LogP contribution >= 0.6 is 11.3 Å². The number of anilines is 1. The number of hydrogen-bond donors (Lipinski definition) is 2. The molecule has 1 fully saturated rings. The van der Waals surface area contributed by atoms with Gasteiger partial charge in [0.25, 0.3) is 0 Å². The molecule has 3 N–H and O–H groups in total. The summed E-state index contributed by atoms with van der Waals surface area (Å²) in [5, 5.41) is 11.7. The minimum absolute atomic E-state index is 0.0156. The van der Waals surface area contributed by atoms with Gasteiger partial charge in [-0.3, -0.25) is 9.69 Å². The predicted octanol–water partition coefficient (Wildman–Crippen LogP) is -0.370. The average Bonchev–Trinajstić information content (AvgIpc) is 2.77. The molecule has 2 heterocycles. The molecular formula is C10H17N5O2S. The highest BCUT2D eigenvalue weighted by Gasteiger charge is 2.17. The summed E-state index contributed by atoms with van der Waals surface area (Å²) in [5.41, 5.74) is 5.51. The molecule has 1 amide bonds. The van der Waals surface area contributed by atoms with Gasteiger partial charge in [0.2, 0.25) is 11.0 Å². The second-order valence-corrected chi connectivity index (χ2v) is 5.20. The first-order valence-corrected chi connectivity index (χ1v) is 6.65. The molecule has 100 valence electrons. The lowest BCUT2D eigenvalue weighted by Gasteiger charge is -2.26. The Morgan fingerprint density at radius 1 is 1.56 bits per heavy atom. The van der Waals surface area contributed by atoms with E-state index in [0.717, 1.165) is 18.1 Å². The Morgan fingerprint density at radius 3 is 2.89 bits per heavy atom. The molecule has 1 aromatic heterocycles. The molecule has 0 bridgehead atoms. The molecule has 2 rings (SSSR count). The molecule has 1 aromatic rings. The molecule has 1 aliphatic rings. The molecule has 0 aliphatic carbocycles. The van der Waals surface area contributed by atoms with E-state index < -0.39 is 0 Å². The normalized spacial score (nSPS) is 18.5. The molecule has 1 atom stereocenters. The second kappa shape index (κ2) is 6.07. The van der Waals surface area contributed by atoms with E-state index in [-0.39, 0.29) is 11.9 Å². The van der Waals surface area contributed by atoms with Crippen molar-refractivity contribution in [2.75, 3.05) is 38.6 Å². The Bertz CT molecular complexity index is 405. The summed E-state index contributed by atoms with van der Waals surface area (Å²) >= 11 is 1.29. The molecule has 1 aliphatic heterocycles. The Balaban J connectivity index is 1.79. The quantitative estimate of drug-likeness (QED) is 0.776. The van der Waals surface area contributed by atoms with E-state index >= 15 is 0 Å². The molecular weight excluding hydrogens is 254 g/mol. The maximum absolute atomic E-state index is 11.8. The van der Waals surface area contributed by atoms with Crippen molar-refractivity contribution in [1.29, 1.82) is 0 Å². The van der Waals surface area contributed by atoms with Gasteiger partial charge in [0, 0.05) is 13.1 Å². The van der Waals surface area contributed by atoms with Crippen LogP contribution in [0.2, 0.25) is 0 Å². The van der Waals surface area contributed by atoms with E-state index in [4.69, 9.17) is 10.5 Å². The van der Waals surface area contributed by atoms with Crippen molar-refractivity contribution in [2.45, 2.75) is 13.0 Å². The van der Waals surface area contributed by atoms with Crippen LogP contribution in [0.15, 0.2) is 0 Å². The number of hydrogen-bond acceptors (Lipinski definition) is 7. The third-order valence-corrected chi connectivity index (χ3v) is 3.61. The van der Waals surface area contributed by atoms with Crippen LogP contribution in [0.25, 0.3) is 0 Å². The second-order valence-electron chi connectivity index (χ2n) is 4.16. The topological polar surface area (TPSA) is 93.4 Å². The van der Waals surface area contributed by atoms with Crippen LogP contribution in [0.5, 0.6) is 0 Å². The van der Waals surface area contributed by atoms with Gasteiger partial charge in [0.05, 0.1) is 25.8 Å². The fourth-order valence-corrected chi connectivity index (χ4v) is 2.35. The summed E-state index contributed by atoms with van der Waals surface area (Å²) in [6.45, 7) is 5.24. The minimum Gasteiger partial charge on any atom is -0.379 e. The number of ether oxygens (including phenoxy) is 1. The van der Waals surface area contributed by atoms with Gasteiger partial charge in [-0.15, -0.1) is 10.2 Å². The van der Waals surface area contributed by atoms with Gasteiger partial charge in [-0.25, -0.2) is 0 Å². The van der Waals surface area contributed by atoms with Gasteiger partial charge in [0.1, 0.15) is 5.01 Å². The number of carbonyl (C=O) groups is 1. The number of carbonyl (C=O) groups excluding carboxylic acids is 1. The fourth-order valence-electron chi connectivity index (χ4n) is 1.73. The molecule has 18 heavy (non-hydrogen) atoms. The highest BCUT2D eigenvalue weighted by atomic mass is 32.1. The summed E-state index contributed by atoms with van der Waals surface area (Å²) < 4.78 is 5.23. The number of morpholine rings is 1. The fraction of sp³-hybridized carbons (Fsp3) is 0.700. The molecule has 7 nitrogen and oxygen atoms in total. The first kappa shape index (κ1) is 13.2. The largest absolute Gasteiger partial charge is 0.379 e. The highest BCUT2D eigenvalue weighted by Crippen LogP contribution is 2.18. The summed E-state index contributed by atoms with van der Waals surface area (Å²) in [4.78, 5) is 13.9. The van der Waals surface area contributed by atoms with Gasteiger partial charge in [-0.1, -0.05) is 11.3 Å². The van der Waals surface area contributed by atoms with Crippen LogP contribution < -0.4 is 11.1 Å². The van der Waals surface area contributed by atoms with E-state index in [1.807, 2.05) is 6.92 Å². The molecule has 1 saturated heterocycles. The van der Waals surface area contributed by atoms with E-state index in [9.17, 15) is 4.79 Å². The Labute approximate surface area is 109 Å². The van der Waals surface area contributed by atoms with Crippen molar-refractivity contribution in [3.63, 3.8) is 0 Å². The summed E-state index contributed by atoms with van der Waals surface area (Å²) in [6.07, 6.45) is 0. The van der Waals surface area contributed by atoms with Crippen LogP contribution in [0, 0.1) is 0 Å². The maximum atomic E-state index is 11.8. The summed E-state index contributed by atoms with van der Waals surface area (Å²) in [6, 6.07) is -0.159. The first-order chi connectivity index (χ1) is 8.65. The number of aromatic nitrogens is 2. The van der Waals surface area contributed by atoms with Gasteiger partial charge in [-0.2, -0.15) is 0 Å². The Hall–Kier alpha value is -1.25. The molecule has 0 saturated carbocycles. The molecule has 8 heteroatoms. The van der Waals surface area contributed by atoms with Crippen molar-refractivity contribution >= 4 is 22.4 Å². The molecule has 0 unspecified atom stereocenters.